The van der Waals surface area contributed by atoms with E-state index in [9.17, 15) is 8.78 Å². The van der Waals surface area contributed by atoms with Crippen molar-refractivity contribution in [2.24, 2.45) is 0 Å². The van der Waals surface area contributed by atoms with E-state index in [1.165, 1.54) is 36.7 Å². The second-order valence-electron chi connectivity index (χ2n) is 8.39. The largest absolute Gasteiger partial charge is 0.369 e. The highest BCUT2D eigenvalue weighted by molar-refractivity contribution is 5.77. The summed E-state index contributed by atoms with van der Waals surface area (Å²) in [5.74, 6) is -1.37. The van der Waals surface area contributed by atoms with Gasteiger partial charge in [0.1, 0.15) is 22.7 Å². The Bertz CT molecular complexity index is 1250. The molecule has 6 rings (SSSR count). The fraction of sp³-hybridized carbons (Fsp3) is 0.292. The van der Waals surface area contributed by atoms with Crippen LogP contribution in [0.3, 0.4) is 0 Å². The summed E-state index contributed by atoms with van der Waals surface area (Å²) in [6.45, 7) is 4.34. The molecule has 6 nitrogen and oxygen atoms in total. The minimum atomic E-state index is -0.690. The van der Waals surface area contributed by atoms with Crippen molar-refractivity contribution in [2.45, 2.75) is 18.9 Å². The third-order valence-electron chi connectivity index (χ3n) is 6.34. The molecule has 0 bridgehead atoms. The van der Waals surface area contributed by atoms with E-state index < -0.39 is 11.6 Å². The summed E-state index contributed by atoms with van der Waals surface area (Å²) < 4.78 is 30.0. The molecule has 2 aromatic heterocycles. The quantitative estimate of drug-likeness (QED) is 0.487. The van der Waals surface area contributed by atoms with Gasteiger partial charge >= 0.3 is 0 Å². The van der Waals surface area contributed by atoms with Crippen LogP contribution in [0, 0.1) is 11.6 Å². The van der Waals surface area contributed by atoms with E-state index >= 15 is 0 Å². The molecule has 1 saturated carbocycles. The Hall–Kier alpha value is -3.39. The maximum atomic E-state index is 14.1. The summed E-state index contributed by atoms with van der Waals surface area (Å²) in [6.07, 6.45) is 5.85. The maximum Gasteiger partial charge on any atom is 0.165 e. The number of nitrogens with zero attached hydrogens (tertiary/aromatic N) is 6. The molecular formula is C24H22F2N6. The monoisotopic (exact) mass is 432 g/mol. The molecule has 32 heavy (non-hydrogen) atoms. The predicted molar refractivity (Wildman–Crippen MR) is 119 cm³/mol. The maximum absolute atomic E-state index is 14.1. The standard InChI is InChI=1S/C24H22F2N6/c25-19-2-1-3-20(26)23(19)24-27-15-22-21(29-24)14-28-32(22)18-8-6-17(7-9-18)31-12-10-30(11-13-31)16-4-5-16/h1-3,6-9,14-16H,4-5,10-13H2. The lowest BCUT2D eigenvalue weighted by molar-refractivity contribution is 0.248. The van der Waals surface area contributed by atoms with E-state index in [0.29, 0.717) is 11.0 Å². The zero-order valence-electron chi connectivity index (χ0n) is 17.5. The Balaban J connectivity index is 1.25. The molecule has 0 radical (unpaired) electrons. The van der Waals surface area contributed by atoms with E-state index in [-0.39, 0.29) is 11.4 Å². The lowest BCUT2D eigenvalue weighted by Gasteiger charge is -2.36. The fourth-order valence-corrected chi connectivity index (χ4v) is 4.45. The molecule has 4 aromatic rings. The number of aromatic nitrogens is 4. The van der Waals surface area contributed by atoms with Gasteiger partial charge < -0.3 is 4.90 Å². The van der Waals surface area contributed by atoms with Gasteiger partial charge in [-0.15, -0.1) is 0 Å². The van der Waals surface area contributed by atoms with E-state index in [1.54, 1.807) is 17.1 Å². The summed E-state index contributed by atoms with van der Waals surface area (Å²) in [4.78, 5) is 13.6. The van der Waals surface area contributed by atoms with E-state index in [4.69, 9.17) is 0 Å². The van der Waals surface area contributed by atoms with Crippen LogP contribution in [0.25, 0.3) is 28.1 Å². The molecule has 2 fully saturated rings. The first-order chi connectivity index (χ1) is 15.7. The van der Waals surface area contributed by atoms with Gasteiger partial charge in [0, 0.05) is 37.9 Å². The van der Waals surface area contributed by atoms with E-state index in [1.807, 2.05) is 12.1 Å². The topological polar surface area (TPSA) is 50.1 Å². The van der Waals surface area contributed by atoms with Crippen LogP contribution in [0.2, 0.25) is 0 Å². The molecule has 0 amide bonds. The van der Waals surface area contributed by atoms with Crippen LogP contribution >= 0.6 is 0 Å². The van der Waals surface area contributed by atoms with Gasteiger partial charge in [0.25, 0.3) is 0 Å². The minimum absolute atomic E-state index is 0.00772. The Labute approximate surface area is 184 Å². The van der Waals surface area contributed by atoms with Gasteiger partial charge in [-0.1, -0.05) is 6.07 Å². The molecule has 0 spiro atoms. The molecule has 1 aliphatic carbocycles. The third-order valence-corrected chi connectivity index (χ3v) is 6.34. The zero-order chi connectivity index (χ0) is 21.7. The number of hydrogen-bond donors (Lipinski definition) is 0. The molecule has 0 atom stereocenters. The number of hydrogen-bond acceptors (Lipinski definition) is 5. The van der Waals surface area contributed by atoms with Crippen molar-refractivity contribution < 1.29 is 8.78 Å². The van der Waals surface area contributed by atoms with E-state index in [2.05, 4.69) is 37.0 Å². The summed E-state index contributed by atoms with van der Waals surface area (Å²) in [5, 5.41) is 4.43. The number of rotatable bonds is 4. The van der Waals surface area contributed by atoms with Crippen LogP contribution in [-0.2, 0) is 0 Å². The number of benzene rings is 2. The van der Waals surface area contributed by atoms with Crippen LogP contribution in [0.1, 0.15) is 12.8 Å². The Morgan fingerprint density at radius 2 is 1.50 bits per heavy atom. The molecule has 0 N–H and O–H groups in total. The van der Waals surface area contributed by atoms with Gasteiger partial charge in [0.05, 0.1) is 23.6 Å². The number of anilines is 1. The fourth-order valence-electron chi connectivity index (χ4n) is 4.45. The summed E-state index contributed by atoms with van der Waals surface area (Å²) in [7, 11) is 0. The van der Waals surface area contributed by atoms with Crippen LogP contribution in [0.4, 0.5) is 14.5 Å². The lowest BCUT2D eigenvalue weighted by Crippen LogP contribution is -2.47. The Morgan fingerprint density at radius 1 is 0.812 bits per heavy atom. The van der Waals surface area contributed by atoms with Crippen molar-refractivity contribution in [3.05, 3.63) is 66.5 Å². The van der Waals surface area contributed by atoms with Crippen LogP contribution in [-0.4, -0.2) is 56.9 Å². The number of fused-ring (bicyclic) bond motifs is 1. The molecule has 8 heteroatoms. The van der Waals surface area contributed by atoms with Crippen LogP contribution in [0.15, 0.2) is 54.9 Å². The van der Waals surface area contributed by atoms with Crippen molar-refractivity contribution in [2.75, 3.05) is 31.1 Å². The minimum Gasteiger partial charge on any atom is -0.369 e. The second-order valence-corrected chi connectivity index (χ2v) is 8.39. The average Bonchev–Trinajstić information content (AvgIpc) is 3.59. The molecular weight excluding hydrogens is 410 g/mol. The van der Waals surface area contributed by atoms with Gasteiger partial charge in [-0.05, 0) is 49.2 Å². The Morgan fingerprint density at radius 3 is 2.19 bits per heavy atom. The average molecular weight is 432 g/mol. The van der Waals surface area contributed by atoms with Crippen LogP contribution < -0.4 is 4.90 Å². The number of piperazine rings is 1. The summed E-state index contributed by atoms with van der Waals surface area (Å²) in [6, 6.07) is 12.8. The summed E-state index contributed by atoms with van der Waals surface area (Å²) >= 11 is 0. The first-order valence-electron chi connectivity index (χ1n) is 10.9. The SMILES string of the molecule is Fc1cccc(F)c1-c1ncc2c(cnn2-c2ccc(N3CCN(C4CC4)CC3)cc2)n1. The molecule has 2 aliphatic rings. The highest BCUT2D eigenvalue weighted by atomic mass is 19.1. The first-order valence-corrected chi connectivity index (χ1v) is 10.9. The van der Waals surface area contributed by atoms with Gasteiger partial charge in [-0.2, -0.15) is 5.10 Å². The van der Waals surface area contributed by atoms with E-state index in [0.717, 1.165) is 37.9 Å². The smallest absolute Gasteiger partial charge is 0.165 e. The molecule has 3 heterocycles. The Kier molecular flexibility index (Phi) is 4.61. The van der Waals surface area contributed by atoms with Gasteiger partial charge in [-0.3, -0.25) is 4.90 Å². The molecule has 0 unspecified atom stereocenters. The van der Waals surface area contributed by atoms with Crippen molar-refractivity contribution in [1.29, 1.82) is 0 Å². The van der Waals surface area contributed by atoms with Gasteiger partial charge in [-0.25, -0.2) is 23.4 Å². The highest BCUT2D eigenvalue weighted by Crippen LogP contribution is 2.29. The molecule has 2 aromatic carbocycles. The molecule has 162 valence electrons. The normalized spacial score (nSPS) is 17.2. The van der Waals surface area contributed by atoms with Crippen molar-refractivity contribution in [1.82, 2.24) is 24.6 Å². The zero-order valence-corrected chi connectivity index (χ0v) is 17.5. The van der Waals surface area contributed by atoms with Crippen molar-refractivity contribution in [3.63, 3.8) is 0 Å². The predicted octanol–water partition coefficient (Wildman–Crippen LogP) is 4.05. The molecule has 1 aliphatic heterocycles. The first kappa shape index (κ1) is 19.3. The van der Waals surface area contributed by atoms with Gasteiger partial charge in [0.15, 0.2) is 5.82 Å². The number of halogens is 2. The highest BCUT2D eigenvalue weighted by Gasteiger charge is 2.31. The van der Waals surface area contributed by atoms with Crippen LogP contribution in [0.5, 0.6) is 0 Å². The van der Waals surface area contributed by atoms with Crippen molar-refractivity contribution in [3.8, 4) is 17.1 Å². The van der Waals surface area contributed by atoms with Crippen molar-refractivity contribution >= 4 is 16.7 Å². The second kappa shape index (κ2) is 7.63. The van der Waals surface area contributed by atoms with Gasteiger partial charge in [0.2, 0.25) is 0 Å². The lowest BCUT2D eigenvalue weighted by atomic mass is 10.2. The summed E-state index contributed by atoms with van der Waals surface area (Å²) in [5.41, 5.74) is 3.06. The third kappa shape index (κ3) is 3.40. The molecule has 1 saturated heterocycles.